The minimum absolute atomic E-state index is 0.0342. The number of hydrogen-bond acceptors (Lipinski definition) is 8. The summed E-state index contributed by atoms with van der Waals surface area (Å²) in [6.45, 7) is 5.27. The van der Waals surface area contributed by atoms with Crippen molar-refractivity contribution < 1.29 is 4.79 Å². The van der Waals surface area contributed by atoms with Crippen LogP contribution in [0.1, 0.15) is 18.2 Å². The molecule has 0 saturated heterocycles. The smallest absolute Gasteiger partial charge is 0.291 e. The summed E-state index contributed by atoms with van der Waals surface area (Å²) < 4.78 is 1.71. The summed E-state index contributed by atoms with van der Waals surface area (Å²) in [5.74, 6) is -0.0254. The number of anilines is 2. The van der Waals surface area contributed by atoms with Gasteiger partial charge in [-0.3, -0.25) is 15.0 Å². The molecule has 1 aliphatic heterocycles. The number of benzene rings is 1. The average Bonchev–Trinajstić information content (AvgIpc) is 3.07. The fourth-order valence-electron chi connectivity index (χ4n) is 3.44. The topological polar surface area (TPSA) is 92.5 Å². The number of nitrogens with one attached hydrogen (secondary N) is 1. The van der Waals surface area contributed by atoms with Crippen LogP contribution in [0.3, 0.4) is 0 Å². The van der Waals surface area contributed by atoms with Gasteiger partial charge in [-0.05, 0) is 49.7 Å². The highest BCUT2D eigenvalue weighted by Gasteiger charge is 2.28. The first-order chi connectivity index (χ1) is 14.3. The predicted molar refractivity (Wildman–Crippen MR) is 120 cm³/mol. The van der Waals surface area contributed by atoms with E-state index in [1.165, 1.54) is 27.9 Å². The summed E-state index contributed by atoms with van der Waals surface area (Å²) >= 11 is 7.31. The Hall–Kier alpha value is -3.30. The molecular weight excluding hydrogens is 424 g/mol. The molecule has 1 aromatic carbocycles. The normalized spacial score (nSPS) is 13.3. The Morgan fingerprint density at radius 3 is 2.60 bits per heavy atom. The van der Waals surface area contributed by atoms with Crippen molar-refractivity contribution >= 4 is 66.6 Å². The predicted octanol–water partition coefficient (Wildman–Crippen LogP) is 3.87. The molecule has 0 atom stereocenters. The van der Waals surface area contributed by atoms with Crippen molar-refractivity contribution in [3.05, 3.63) is 57.0 Å². The third kappa shape index (κ3) is 2.78. The maximum Gasteiger partial charge on any atom is 0.292 e. The first-order valence-electron chi connectivity index (χ1n) is 9.09. The van der Waals surface area contributed by atoms with Gasteiger partial charge in [0.1, 0.15) is 15.0 Å². The van der Waals surface area contributed by atoms with Gasteiger partial charge in [0.2, 0.25) is 5.84 Å². The maximum absolute atomic E-state index is 13.4. The van der Waals surface area contributed by atoms with Crippen LogP contribution in [0.15, 0.2) is 40.2 Å². The van der Waals surface area contributed by atoms with Gasteiger partial charge in [0, 0.05) is 23.0 Å². The Morgan fingerprint density at radius 2 is 1.90 bits per heavy atom. The van der Waals surface area contributed by atoms with Crippen molar-refractivity contribution in [1.29, 1.82) is 0 Å². The van der Waals surface area contributed by atoms with Crippen LogP contribution in [-0.4, -0.2) is 26.3 Å². The number of pyridine rings is 1. The van der Waals surface area contributed by atoms with Crippen molar-refractivity contribution in [3.63, 3.8) is 0 Å². The van der Waals surface area contributed by atoms with Gasteiger partial charge in [-0.1, -0.05) is 11.6 Å². The number of aromatic nitrogens is 3. The van der Waals surface area contributed by atoms with E-state index in [-0.39, 0.29) is 23.1 Å². The van der Waals surface area contributed by atoms with E-state index in [9.17, 15) is 9.59 Å². The van der Waals surface area contributed by atoms with Gasteiger partial charge in [-0.2, -0.15) is 9.69 Å². The molecule has 0 fully saturated rings. The van der Waals surface area contributed by atoms with Crippen LogP contribution in [-0.2, 0) is 4.79 Å². The van der Waals surface area contributed by atoms with Crippen LogP contribution in [0.5, 0.6) is 0 Å². The summed E-state index contributed by atoms with van der Waals surface area (Å²) in [7, 11) is 0. The molecule has 0 bridgehead atoms. The largest absolute Gasteiger partial charge is 0.292 e. The highest BCUT2D eigenvalue weighted by molar-refractivity contribution is 7.25. The van der Waals surface area contributed by atoms with Crippen LogP contribution in [0.4, 0.5) is 11.6 Å². The quantitative estimate of drug-likeness (QED) is 0.510. The summed E-state index contributed by atoms with van der Waals surface area (Å²) in [6.07, 6.45) is 0. The molecule has 4 aromatic rings. The van der Waals surface area contributed by atoms with Crippen molar-refractivity contribution in [3.8, 4) is 0 Å². The van der Waals surface area contributed by atoms with Gasteiger partial charge in [-0.15, -0.1) is 16.4 Å². The Morgan fingerprint density at radius 1 is 1.17 bits per heavy atom. The van der Waals surface area contributed by atoms with Gasteiger partial charge in [0.15, 0.2) is 5.78 Å². The van der Waals surface area contributed by atoms with Gasteiger partial charge >= 0.3 is 0 Å². The van der Waals surface area contributed by atoms with Crippen molar-refractivity contribution in [2.75, 3.05) is 10.4 Å². The number of carbonyl (C=O) groups is 1. The number of Topliss-reactive ketones (excluding diaryl/α,β-unsaturated/α-hetero) is 1. The van der Waals surface area contributed by atoms with Crippen LogP contribution in [0, 0.1) is 13.8 Å². The molecule has 5 rings (SSSR count). The lowest BCUT2D eigenvalue weighted by atomic mass is 10.1. The summed E-state index contributed by atoms with van der Waals surface area (Å²) in [4.78, 5) is 35.5. The standard InChI is InChI=1S/C20H15ClN6O2S/c1-9-8-10(2)22-18-14(9)15-16(30-18)19(29)27-20(23-15)26(24-17(25-27)11(3)28)13-6-4-12(21)5-7-13/h4-8H,1-3H3,(H,24,25). The summed E-state index contributed by atoms with van der Waals surface area (Å²) in [5.41, 5.74) is 5.54. The van der Waals surface area contributed by atoms with E-state index in [4.69, 9.17) is 16.6 Å². The molecule has 0 amide bonds. The van der Waals surface area contributed by atoms with Gasteiger partial charge < -0.3 is 0 Å². The molecule has 10 heteroatoms. The molecule has 0 saturated carbocycles. The lowest BCUT2D eigenvalue weighted by molar-refractivity contribution is -0.111. The van der Waals surface area contributed by atoms with E-state index in [2.05, 4.69) is 15.5 Å². The van der Waals surface area contributed by atoms with E-state index in [0.717, 1.165) is 21.5 Å². The second-order valence-corrected chi connectivity index (χ2v) is 8.43. The van der Waals surface area contributed by atoms with E-state index in [1.54, 1.807) is 24.3 Å². The molecule has 4 heterocycles. The summed E-state index contributed by atoms with van der Waals surface area (Å²) in [6, 6.07) is 8.88. The molecular formula is C20H15ClN6O2S. The first kappa shape index (κ1) is 18.7. The third-order valence-electron chi connectivity index (χ3n) is 4.78. The Labute approximate surface area is 179 Å². The van der Waals surface area contributed by atoms with E-state index in [1.807, 2.05) is 19.9 Å². The molecule has 150 valence electrons. The number of halogens is 1. The SMILES string of the molecule is CC(=O)C1=NN(c2ccc(Cl)cc2)c2nc3c(sc4nc(C)cc(C)c43)c(=O)n2N1. The average molecular weight is 439 g/mol. The number of nitrogens with zero attached hydrogens (tertiary/aromatic N) is 5. The van der Waals surface area contributed by atoms with E-state index >= 15 is 0 Å². The van der Waals surface area contributed by atoms with Crippen LogP contribution < -0.4 is 16.0 Å². The van der Waals surface area contributed by atoms with Crippen LogP contribution in [0.25, 0.3) is 20.4 Å². The molecule has 3 aromatic heterocycles. The fraction of sp³-hybridized carbons (Fsp3) is 0.150. The Kier molecular flexibility index (Phi) is 4.12. The molecule has 0 radical (unpaired) electrons. The first-order valence-corrected chi connectivity index (χ1v) is 10.3. The lowest BCUT2D eigenvalue weighted by Crippen LogP contribution is -2.44. The monoisotopic (exact) mass is 438 g/mol. The zero-order valence-corrected chi connectivity index (χ0v) is 17.8. The number of hydrazone groups is 1. The number of thiophene rings is 1. The fourth-order valence-corrected chi connectivity index (χ4v) is 4.73. The lowest BCUT2D eigenvalue weighted by Gasteiger charge is -2.27. The molecule has 0 unspecified atom stereocenters. The second kappa shape index (κ2) is 6.61. The minimum atomic E-state index is -0.317. The van der Waals surface area contributed by atoms with E-state index < -0.39 is 0 Å². The summed E-state index contributed by atoms with van der Waals surface area (Å²) in [5, 5.41) is 7.25. The molecule has 30 heavy (non-hydrogen) atoms. The highest BCUT2D eigenvalue weighted by Crippen LogP contribution is 2.35. The molecule has 1 aliphatic rings. The van der Waals surface area contributed by atoms with Crippen molar-refractivity contribution in [2.24, 2.45) is 5.10 Å². The Bertz CT molecular complexity index is 1450. The highest BCUT2D eigenvalue weighted by atomic mass is 35.5. The number of amidine groups is 1. The number of aryl methyl sites for hydroxylation is 2. The van der Waals surface area contributed by atoms with Gasteiger partial charge in [0.25, 0.3) is 11.5 Å². The van der Waals surface area contributed by atoms with Gasteiger partial charge in [0.05, 0.1) is 5.69 Å². The second-order valence-electron chi connectivity index (χ2n) is 7.00. The number of hydrogen-bond donors (Lipinski definition) is 1. The van der Waals surface area contributed by atoms with Gasteiger partial charge in [-0.25, -0.2) is 9.97 Å². The molecule has 8 nitrogen and oxygen atoms in total. The van der Waals surface area contributed by atoms with Crippen LogP contribution >= 0.6 is 22.9 Å². The Balaban J connectivity index is 1.85. The zero-order valence-electron chi connectivity index (χ0n) is 16.2. The number of rotatable bonds is 2. The number of fused-ring (bicyclic) bond motifs is 4. The minimum Gasteiger partial charge on any atom is -0.291 e. The molecule has 0 spiro atoms. The van der Waals surface area contributed by atoms with E-state index in [0.29, 0.717) is 20.9 Å². The van der Waals surface area contributed by atoms with Crippen molar-refractivity contribution in [2.45, 2.75) is 20.8 Å². The van der Waals surface area contributed by atoms with Crippen molar-refractivity contribution in [1.82, 2.24) is 14.6 Å². The zero-order chi connectivity index (χ0) is 21.2. The molecule has 1 N–H and O–H groups in total. The molecule has 0 aliphatic carbocycles. The van der Waals surface area contributed by atoms with Crippen LogP contribution in [0.2, 0.25) is 5.02 Å². The number of ketones is 1. The number of carbonyl (C=O) groups excluding carboxylic acids is 1. The maximum atomic E-state index is 13.4. The third-order valence-corrected chi connectivity index (χ3v) is 6.10.